The van der Waals surface area contributed by atoms with Crippen molar-refractivity contribution in [3.05, 3.63) is 41.1 Å². The van der Waals surface area contributed by atoms with Crippen molar-refractivity contribution >= 4 is 28.7 Å². The summed E-state index contributed by atoms with van der Waals surface area (Å²) in [6, 6.07) is 7.61. The molecule has 2 amide bonds. The molecule has 1 aliphatic carbocycles. The van der Waals surface area contributed by atoms with Crippen molar-refractivity contribution in [2.75, 3.05) is 20.2 Å². The summed E-state index contributed by atoms with van der Waals surface area (Å²) in [5.41, 5.74) is 2.74. The van der Waals surface area contributed by atoms with Gasteiger partial charge in [-0.15, -0.1) is 0 Å². The summed E-state index contributed by atoms with van der Waals surface area (Å²) in [6.07, 6.45) is 2.66. The molecule has 0 bridgehead atoms. The number of carbonyl (C=O) groups is 3. The fraction of sp³-hybridized carbons (Fsp3) is 0.429. The summed E-state index contributed by atoms with van der Waals surface area (Å²) < 4.78 is 5.28. The smallest absolute Gasteiger partial charge is 0.339 e. The first-order chi connectivity index (χ1) is 13.4. The molecule has 28 heavy (non-hydrogen) atoms. The Morgan fingerprint density at radius 3 is 2.64 bits per heavy atom. The second kappa shape index (κ2) is 8.37. The summed E-state index contributed by atoms with van der Waals surface area (Å²) in [5.74, 6) is -1.19. The standard InChI is InChI=1S/C21H25N3O4/c1-4-16-13(2)20(15-7-5-6-8-17(15)23-16)21(27)28-12-19(26)24(3)11-18(25)22-14-9-10-14/h5-8,14H,4,9-12H2,1-3H3,(H,22,25). The molecule has 7 heteroatoms. The predicted octanol–water partition coefficient (Wildman–Crippen LogP) is 2.00. The summed E-state index contributed by atoms with van der Waals surface area (Å²) >= 11 is 0. The number of rotatable bonds is 7. The quantitative estimate of drug-likeness (QED) is 0.739. The maximum absolute atomic E-state index is 12.8. The zero-order chi connectivity index (χ0) is 20.3. The van der Waals surface area contributed by atoms with Crippen LogP contribution in [0.4, 0.5) is 0 Å². The SMILES string of the molecule is CCc1nc2ccccc2c(C(=O)OCC(=O)N(C)CC(=O)NC2CC2)c1C. The molecule has 1 N–H and O–H groups in total. The van der Waals surface area contributed by atoms with Crippen LogP contribution in [0.3, 0.4) is 0 Å². The first kappa shape index (κ1) is 19.8. The zero-order valence-corrected chi connectivity index (χ0v) is 16.4. The van der Waals surface area contributed by atoms with Gasteiger partial charge in [0, 0.05) is 24.2 Å². The van der Waals surface area contributed by atoms with E-state index >= 15 is 0 Å². The molecule has 1 saturated carbocycles. The lowest BCUT2D eigenvalue weighted by Gasteiger charge is -2.17. The van der Waals surface area contributed by atoms with Crippen LogP contribution in [0.1, 0.15) is 41.4 Å². The van der Waals surface area contributed by atoms with Gasteiger partial charge in [0.15, 0.2) is 6.61 Å². The molecule has 1 aromatic heterocycles. The van der Waals surface area contributed by atoms with E-state index in [1.807, 2.05) is 38.1 Å². The van der Waals surface area contributed by atoms with Crippen LogP contribution in [0, 0.1) is 6.92 Å². The Labute approximate surface area is 164 Å². The van der Waals surface area contributed by atoms with E-state index in [2.05, 4.69) is 10.3 Å². The molecule has 0 atom stereocenters. The highest BCUT2D eigenvalue weighted by Crippen LogP contribution is 2.24. The number of esters is 1. The van der Waals surface area contributed by atoms with Gasteiger partial charge in [-0.3, -0.25) is 14.6 Å². The largest absolute Gasteiger partial charge is 0.452 e. The molecule has 2 aromatic rings. The van der Waals surface area contributed by atoms with Gasteiger partial charge in [0.2, 0.25) is 5.91 Å². The van der Waals surface area contributed by atoms with Crippen molar-refractivity contribution in [1.29, 1.82) is 0 Å². The Hall–Kier alpha value is -2.96. The van der Waals surface area contributed by atoms with Crippen LogP contribution >= 0.6 is 0 Å². The van der Waals surface area contributed by atoms with Gasteiger partial charge in [0.05, 0.1) is 17.6 Å². The van der Waals surface area contributed by atoms with Crippen LogP contribution in [0.25, 0.3) is 10.9 Å². The second-order valence-corrected chi connectivity index (χ2v) is 7.10. The van der Waals surface area contributed by atoms with Crippen molar-refractivity contribution in [2.24, 2.45) is 0 Å². The van der Waals surface area contributed by atoms with Crippen LogP contribution in [-0.2, 0) is 20.7 Å². The Bertz CT molecular complexity index is 921. The van der Waals surface area contributed by atoms with Crippen molar-refractivity contribution < 1.29 is 19.1 Å². The van der Waals surface area contributed by atoms with Gasteiger partial charge in [-0.2, -0.15) is 0 Å². The molecular formula is C21H25N3O4. The fourth-order valence-electron chi connectivity index (χ4n) is 3.08. The van der Waals surface area contributed by atoms with Crippen LogP contribution in [0.5, 0.6) is 0 Å². The summed E-state index contributed by atoms with van der Waals surface area (Å²) in [6.45, 7) is 3.35. The Kier molecular flexibility index (Phi) is 5.92. The van der Waals surface area contributed by atoms with E-state index < -0.39 is 18.5 Å². The molecule has 0 unspecified atom stereocenters. The number of aryl methyl sites for hydroxylation is 1. The molecule has 0 aliphatic heterocycles. The number of hydrogen-bond donors (Lipinski definition) is 1. The van der Waals surface area contributed by atoms with Crippen molar-refractivity contribution in [1.82, 2.24) is 15.2 Å². The van der Waals surface area contributed by atoms with Crippen LogP contribution in [0.15, 0.2) is 24.3 Å². The summed E-state index contributed by atoms with van der Waals surface area (Å²) in [7, 11) is 1.52. The molecule has 1 aromatic carbocycles. The third-order valence-electron chi connectivity index (χ3n) is 4.85. The molecule has 1 fully saturated rings. The number of para-hydroxylation sites is 1. The number of nitrogens with one attached hydrogen (secondary N) is 1. The average Bonchev–Trinajstić information content (AvgIpc) is 3.48. The number of benzene rings is 1. The first-order valence-electron chi connectivity index (χ1n) is 9.49. The summed E-state index contributed by atoms with van der Waals surface area (Å²) in [4.78, 5) is 42.7. The van der Waals surface area contributed by atoms with E-state index in [9.17, 15) is 14.4 Å². The van der Waals surface area contributed by atoms with E-state index in [1.54, 1.807) is 0 Å². The van der Waals surface area contributed by atoms with Crippen molar-refractivity contribution in [3.8, 4) is 0 Å². The lowest BCUT2D eigenvalue weighted by molar-refractivity contribution is -0.137. The van der Waals surface area contributed by atoms with Crippen LogP contribution in [-0.4, -0.2) is 53.9 Å². The van der Waals surface area contributed by atoms with Crippen molar-refractivity contribution in [2.45, 2.75) is 39.2 Å². The molecule has 7 nitrogen and oxygen atoms in total. The molecule has 148 valence electrons. The van der Waals surface area contributed by atoms with E-state index in [1.165, 1.54) is 11.9 Å². The van der Waals surface area contributed by atoms with Gasteiger partial charge in [-0.05, 0) is 37.8 Å². The van der Waals surface area contributed by atoms with Gasteiger partial charge >= 0.3 is 5.97 Å². The highest BCUT2D eigenvalue weighted by atomic mass is 16.5. The van der Waals surface area contributed by atoms with E-state index in [0.717, 1.165) is 29.6 Å². The topological polar surface area (TPSA) is 88.6 Å². The summed E-state index contributed by atoms with van der Waals surface area (Å²) in [5, 5.41) is 3.52. The number of aromatic nitrogens is 1. The zero-order valence-electron chi connectivity index (χ0n) is 16.4. The van der Waals surface area contributed by atoms with Gasteiger partial charge in [0.25, 0.3) is 5.91 Å². The average molecular weight is 383 g/mol. The van der Waals surface area contributed by atoms with Gasteiger partial charge in [-0.1, -0.05) is 25.1 Å². The molecule has 1 heterocycles. The third-order valence-corrected chi connectivity index (χ3v) is 4.85. The lowest BCUT2D eigenvalue weighted by atomic mass is 10.0. The number of ether oxygens (including phenoxy) is 1. The highest BCUT2D eigenvalue weighted by Gasteiger charge is 2.25. The number of likely N-dealkylation sites (N-methyl/N-ethyl adjacent to an activating group) is 1. The number of hydrogen-bond acceptors (Lipinski definition) is 5. The number of carbonyl (C=O) groups excluding carboxylic acids is 3. The highest BCUT2D eigenvalue weighted by molar-refractivity contribution is 6.05. The van der Waals surface area contributed by atoms with Gasteiger partial charge in [-0.25, -0.2) is 4.79 Å². The molecule has 0 radical (unpaired) electrons. The first-order valence-corrected chi connectivity index (χ1v) is 9.49. The van der Waals surface area contributed by atoms with Gasteiger partial charge in [0.1, 0.15) is 0 Å². The molecule has 1 aliphatic rings. The minimum absolute atomic E-state index is 0.0515. The van der Waals surface area contributed by atoms with E-state index in [4.69, 9.17) is 4.74 Å². The van der Waals surface area contributed by atoms with Crippen molar-refractivity contribution in [3.63, 3.8) is 0 Å². The van der Waals surface area contributed by atoms with Crippen LogP contribution in [0.2, 0.25) is 0 Å². The Balaban J connectivity index is 1.68. The van der Waals surface area contributed by atoms with E-state index in [0.29, 0.717) is 17.4 Å². The molecule has 0 saturated heterocycles. The molecule has 0 spiro atoms. The van der Waals surface area contributed by atoms with E-state index in [-0.39, 0.29) is 18.5 Å². The number of amides is 2. The molecular weight excluding hydrogens is 358 g/mol. The Morgan fingerprint density at radius 2 is 1.96 bits per heavy atom. The number of nitrogens with zero attached hydrogens (tertiary/aromatic N) is 2. The Morgan fingerprint density at radius 1 is 1.25 bits per heavy atom. The molecule has 3 rings (SSSR count). The minimum Gasteiger partial charge on any atom is -0.452 e. The maximum Gasteiger partial charge on any atom is 0.339 e. The minimum atomic E-state index is -0.560. The lowest BCUT2D eigenvalue weighted by Crippen LogP contribution is -2.40. The fourth-order valence-corrected chi connectivity index (χ4v) is 3.08. The second-order valence-electron chi connectivity index (χ2n) is 7.10. The van der Waals surface area contributed by atoms with Gasteiger partial charge < -0.3 is 15.0 Å². The monoisotopic (exact) mass is 383 g/mol. The number of pyridine rings is 1. The number of fused-ring (bicyclic) bond motifs is 1. The third kappa shape index (κ3) is 4.47. The van der Waals surface area contributed by atoms with Crippen LogP contribution < -0.4 is 5.32 Å². The predicted molar refractivity (Wildman–Crippen MR) is 105 cm³/mol. The normalized spacial score (nSPS) is 13.2. The maximum atomic E-state index is 12.8.